The van der Waals surface area contributed by atoms with E-state index in [0.717, 1.165) is 31.9 Å². The standard InChI is InChI=1S/C14H19NOS/c1-14(9-17-10-14)8-16-13-3-2-11-4-5-15-7-12(11)6-13/h2-3,6,15H,4-5,7-10H2,1H3. The molecule has 92 valence electrons. The maximum atomic E-state index is 5.94. The van der Waals surface area contributed by atoms with Crippen LogP contribution in [-0.2, 0) is 13.0 Å². The van der Waals surface area contributed by atoms with E-state index in [-0.39, 0.29) is 0 Å². The predicted molar refractivity (Wildman–Crippen MR) is 72.8 cm³/mol. The third-order valence-corrected chi connectivity index (χ3v) is 5.35. The van der Waals surface area contributed by atoms with Crippen LogP contribution >= 0.6 is 11.8 Å². The average Bonchev–Trinajstić information content (AvgIpc) is 2.34. The van der Waals surface area contributed by atoms with Gasteiger partial charge in [0.2, 0.25) is 0 Å². The highest BCUT2D eigenvalue weighted by atomic mass is 32.2. The minimum Gasteiger partial charge on any atom is -0.493 e. The van der Waals surface area contributed by atoms with Crippen molar-refractivity contribution >= 4 is 11.8 Å². The molecule has 17 heavy (non-hydrogen) atoms. The molecule has 1 aromatic carbocycles. The molecule has 2 aliphatic heterocycles. The number of hydrogen-bond acceptors (Lipinski definition) is 3. The Morgan fingerprint density at radius 2 is 2.24 bits per heavy atom. The molecular weight excluding hydrogens is 230 g/mol. The Balaban J connectivity index is 1.67. The Hall–Kier alpha value is -0.670. The minimum absolute atomic E-state index is 0.402. The SMILES string of the molecule is CC1(COc2ccc3c(c2)CNCC3)CSC1. The summed E-state index contributed by atoms with van der Waals surface area (Å²) in [5.41, 5.74) is 3.28. The lowest BCUT2D eigenvalue weighted by atomic mass is 9.96. The monoisotopic (exact) mass is 249 g/mol. The Morgan fingerprint density at radius 1 is 1.35 bits per heavy atom. The molecule has 0 aliphatic carbocycles. The summed E-state index contributed by atoms with van der Waals surface area (Å²) in [7, 11) is 0. The molecule has 0 spiro atoms. The highest BCUT2D eigenvalue weighted by molar-refractivity contribution is 8.00. The predicted octanol–water partition coefficient (Wildman–Crippen LogP) is 2.46. The zero-order valence-corrected chi connectivity index (χ0v) is 11.1. The molecule has 0 unspecified atom stereocenters. The van der Waals surface area contributed by atoms with E-state index in [1.165, 1.54) is 22.6 Å². The van der Waals surface area contributed by atoms with E-state index in [1.807, 2.05) is 11.8 Å². The maximum absolute atomic E-state index is 5.94. The molecule has 0 amide bonds. The molecule has 1 fully saturated rings. The number of ether oxygens (including phenoxy) is 1. The third kappa shape index (κ3) is 2.45. The first-order valence-electron chi connectivity index (χ1n) is 6.28. The van der Waals surface area contributed by atoms with Crippen molar-refractivity contribution in [2.45, 2.75) is 19.9 Å². The van der Waals surface area contributed by atoms with Gasteiger partial charge < -0.3 is 10.1 Å². The summed E-state index contributed by atoms with van der Waals surface area (Å²) in [6, 6.07) is 6.55. The van der Waals surface area contributed by atoms with E-state index in [2.05, 4.69) is 30.4 Å². The van der Waals surface area contributed by atoms with Crippen LogP contribution in [-0.4, -0.2) is 24.7 Å². The Bertz CT molecular complexity index is 415. The summed E-state index contributed by atoms with van der Waals surface area (Å²) >= 11 is 2.01. The quantitative estimate of drug-likeness (QED) is 0.889. The molecule has 0 saturated carbocycles. The molecule has 0 aromatic heterocycles. The molecule has 2 heterocycles. The Labute approximate surface area is 107 Å². The van der Waals surface area contributed by atoms with Gasteiger partial charge in [-0.3, -0.25) is 0 Å². The van der Waals surface area contributed by atoms with Crippen LogP contribution in [0.25, 0.3) is 0 Å². The lowest BCUT2D eigenvalue weighted by Crippen LogP contribution is -2.38. The van der Waals surface area contributed by atoms with E-state index in [9.17, 15) is 0 Å². The fourth-order valence-electron chi connectivity index (χ4n) is 2.34. The number of rotatable bonds is 3. The van der Waals surface area contributed by atoms with Crippen molar-refractivity contribution in [3.05, 3.63) is 29.3 Å². The summed E-state index contributed by atoms with van der Waals surface area (Å²) < 4.78 is 5.94. The summed E-state index contributed by atoms with van der Waals surface area (Å²) in [5.74, 6) is 3.50. The lowest BCUT2D eigenvalue weighted by Gasteiger charge is -2.37. The van der Waals surface area contributed by atoms with Gasteiger partial charge in [0.25, 0.3) is 0 Å². The molecule has 1 saturated heterocycles. The molecule has 0 radical (unpaired) electrons. The average molecular weight is 249 g/mol. The van der Waals surface area contributed by atoms with Crippen molar-refractivity contribution in [3.63, 3.8) is 0 Å². The molecule has 2 aliphatic rings. The lowest BCUT2D eigenvalue weighted by molar-refractivity contribution is 0.196. The number of thioether (sulfide) groups is 1. The number of benzene rings is 1. The number of nitrogens with one attached hydrogen (secondary N) is 1. The first-order chi connectivity index (χ1) is 8.25. The van der Waals surface area contributed by atoms with Crippen LogP contribution in [0, 0.1) is 5.41 Å². The smallest absolute Gasteiger partial charge is 0.119 e. The Morgan fingerprint density at radius 3 is 3.00 bits per heavy atom. The van der Waals surface area contributed by atoms with Gasteiger partial charge in [0.15, 0.2) is 0 Å². The fraction of sp³-hybridized carbons (Fsp3) is 0.571. The maximum Gasteiger partial charge on any atom is 0.119 e. The summed E-state index contributed by atoms with van der Waals surface area (Å²) in [5, 5.41) is 3.40. The molecule has 3 rings (SSSR count). The first kappa shape index (κ1) is 11.4. The van der Waals surface area contributed by atoms with E-state index >= 15 is 0 Å². The second-order valence-electron chi connectivity index (χ2n) is 5.45. The Kier molecular flexibility index (Phi) is 3.05. The van der Waals surface area contributed by atoms with Crippen LogP contribution in [0.5, 0.6) is 5.75 Å². The van der Waals surface area contributed by atoms with Gasteiger partial charge in [-0.05, 0) is 36.2 Å². The van der Waals surface area contributed by atoms with Crippen LogP contribution in [0.2, 0.25) is 0 Å². The second-order valence-corrected chi connectivity index (χ2v) is 6.44. The van der Waals surface area contributed by atoms with Crippen LogP contribution in [0.1, 0.15) is 18.1 Å². The minimum atomic E-state index is 0.402. The van der Waals surface area contributed by atoms with Crippen molar-refractivity contribution in [1.82, 2.24) is 5.32 Å². The van der Waals surface area contributed by atoms with E-state index in [1.54, 1.807) is 0 Å². The van der Waals surface area contributed by atoms with E-state index in [4.69, 9.17) is 4.74 Å². The van der Waals surface area contributed by atoms with Crippen molar-refractivity contribution in [2.24, 2.45) is 5.41 Å². The van der Waals surface area contributed by atoms with Crippen molar-refractivity contribution < 1.29 is 4.74 Å². The van der Waals surface area contributed by atoms with Crippen molar-refractivity contribution in [3.8, 4) is 5.75 Å². The normalized spacial score (nSPS) is 21.5. The van der Waals surface area contributed by atoms with Gasteiger partial charge in [-0.25, -0.2) is 0 Å². The fourth-order valence-corrected chi connectivity index (χ4v) is 3.41. The third-order valence-electron chi connectivity index (χ3n) is 3.55. The molecule has 0 bridgehead atoms. The molecular formula is C14H19NOS. The van der Waals surface area contributed by atoms with E-state index in [0.29, 0.717) is 5.41 Å². The van der Waals surface area contributed by atoms with Gasteiger partial charge in [-0.1, -0.05) is 13.0 Å². The van der Waals surface area contributed by atoms with Crippen LogP contribution in [0.3, 0.4) is 0 Å². The van der Waals surface area contributed by atoms with Gasteiger partial charge in [0, 0.05) is 23.5 Å². The van der Waals surface area contributed by atoms with E-state index < -0.39 is 0 Å². The number of hydrogen-bond donors (Lipinski definition) is 1. The van der Waals surface area contributed by atoms with Crippen molar-refractivity contribution in [1.29, 1.82) is 0 Å². The highest BCUT2D eigenvalue weighted by Crippen LogP contribution is 2.37. The van der Waals surface area contributed by atoms with Crippen LogP contribution in [0.15, 0.2) is 18.2 Å². The first-order valence-corrected chi connectivity index (χ1v) is 7.44. The second kappa shape index (κ2) is 4.54. The summed E-state index contributed by atoms with van der Waals surface area (Å²) in [4.78, 5) is 0. The van der Waals surface area contributed by atoms with Crippen LogP contribution in [0.4, 0.5) is 0 Å². The topological polar surface area (TPSA) is 21.3 Å². The van der Waals surface area contributed by atoms with Gasteiger partial charge in [0.1, 0.15) is 5.75 Å². The molecule has 3 heteroatoms. The summed E-state index contributed by atoms with van der Waals surface area (Å²) in [6.07, 6.45) is 1.14. The summed E-state index contributed by atoms with van der Waals surface area (Å²) in [6.45, 7) is 5.25. The molecule has 0 atom stereocenters. The van der Waals surface area contributed by atoms with Gasteiger partial charge >= 0.3 is 0 Å². The molecule has 2 nitrogen and oxygen atoms in total. The van der Waals surface area contributed by atoms with Gasteiger partial charge in [-0.15, -0.1) is 0 Å². The highest BCUT2D eigenvalue weighted by Gasteiger charge is 2.33. The molecule has 1 N–H and O–H groups in total. The zero-order chi connectivity index (χ0) is 11.7. The largest absolute Gasteiger partial charge is 0.493 e. The number of fused-ring (bicyclic) bond motifs is 1. The van der Waals surface area contributed by atoms with Gasteiger partial charge in [0.05, 0.1) is 6.61 Å². The van der Waals surface area contributed by atoms with Crippen LogP contribution < -0.4 is 10.1 Å². The zero-order valence-electron chi connectivity index (χ0n) is 10.3. The molecule has 1 aromatic rings. The van der Waals surface area contributed by atoms with Gasteiger partial charge in [-0.2, -0.15) is 11.8 Å². The van der Waals surface area contributed by atoms with Crippen molar-refractivity contribution in [2.75, 3.05) is 24.7 Å².